The van der Waals surface area contributed by atoms with Gasteiger partial charge < -0.3 is 15.6 Å². The standard InChI is InChI=1S/C21H28N4O/c1-13(2)20-23-8-9-25(20)12-14-4-3-5-17(10-14)24-21(26)18-15-6-7-16(11-15)19(18)22/h3-5,8-10,13,15-16,18-19H,6-7,11-12,22H2,1-2H3,(H,24,26). The average molecular weight is 352 g/mol. The van der Waals surface area contributed by atoms with Gasteiger partial charge in [0.1, 0.15) is 5.82 Å². The van der Waals surface area contributed by atoms with Crippen LogP contribution in [0, 0.1) is 17.8 Å². The third-order valence-corrected chi connectivity index (χ3v) is 6.09. The minimum absolute atomic E-state index is 0.0245. The number of imidazole rings is 1. The van der Waals surface area contributed by atoms with E-state index in [4.69, 9.17) is 5.73 Å². The van der Waals surface area contributed by atoms with Crippen molar-refractivity contribution in [2.75, 3.05) is 5.32 Å². The molecule has 1 aromatic heterocycles. The second kappa shape index (κ2) is 6.88. The van der Waals surface area contributed by atoms with Gasteiger partial charge in [0.05, 0.1) is 5.92 Å². The number of carbonyl (C=O) groups is 1. The van der Waals surface area contributed by atoms with E-state index in [0.29, 0.717) is 17.8 Å². The Morgan fingerprint density at radius 1 is 1.35 bits per heavy atom. The summed E-state index contributed by atoms with van der Waals surface area (Å²) >= 11 is 0. The fraction of sp³-hybridized carbons (Fsp3) is 0.524. The van der Waals surface area contributed by atoms with Crippen molar-refractivity contribution < 1.29 is 4.79 Å². The van der Waals surface area contributed by atoms with Crippen LogP contribution in [0.25, 0.3) is 0 Å². The maximum absolute atomic E-state index is 12.8. The maximum atomic E-state index is 12.8. The number of carbonyl (C=O) groups excluding carboxylic acids is 1. The predicted octanol–water partition coefficient (Wildman–Crippen LogP) is 3.37. The highest BCUT2D eigenvalue weighted by Crippen LogP contribution is 2.47. The van der Waals surface area contributed by atoms with Crippen molar-refractivity contribution in [3.05, 3.63) is 48.0 Å². The van der Waals surface area contributed by atoms with Crippen molar-refractivity contribution in [2.24, 2.45) is 23.5 Å². The summed E-state index contributed by atoms with van der Waals surface area (Å²) in [6.07, 6.45) is 7.31. The van der Waals surface area contributed by atoms with Crippen LogP contribution >= 0.6 is 0 Å². The van der Waals surface area contributed by atoms with Crippen LogP contribution in [0.2, 0.25) is 0 Å². The summed E-state index contributed by atoms with van der Waals surface area (Å²) in [5.74, 6) is 2.53. The van der Waals surface area contributed by atoms with Crippen molar-refractivity contribution in [3.63, 3.8) is 0 Å². The Hall–Kier alpha value is -2.14. The van der Waals surface area contributed by atoms with Gasteiger partial charge in [-0.05, 0) is 48.8 Å². The molecule has 2 aliphatic carbocycles. The number of hydrogen-bond acceptors (Lipinski definition) is 3. The zero-order valence-electron chi connectivity index (χ0n) is 15.6. The third kappa shape index (κ3) is 3.16. The topological polar surface area (TPSA) is 72.9 Å². The van der Waals surface area contributed by atoms with Crippen LogP contribution in [0.3, 0.4) is 0 Å². The molecular weight excluding hydrogens is 324 g/mol. The van der Waals surface area contributed by atoms with Gasteiger partial charge >= 0.3 is 0 Å². The summed E-state index contributed by atoms with van der Waals surface area (Å²) in [4.78, 5) is 17.2. The molecule has 2 aliphatic rings. The van der Waals surface area contributed by atoms with Gasteiger partial charge in [-0.25, -0.2) is 4.98 Å². The number of amides is 1. The number of nitrogens with zero attached hydrogens (tertiary/aromatic N) is 2. The minimum Gasteiger partial charge on any atom is -0.330 e. The van der Waals surface area contributed by atoms with E-state index in [1.165, 1.54) is 6.42 Å². The first kappa shape index (κ1) is 17.3. The summed E-state index contributed by atoms with van der Waals surface area (Å²) < 4.78 is 2.16. The van der Waals surface area contributed by atoms with E-state index in [1.807, 2.05) is 24.5 Å². The first-order chi connectivity index (χ1) is 12.5. The lowest BCUT2D eigenvalue weighted by atomic mass is 9.84. The quantitative estimate of drug-likeness (QED) is 0.866. The van der Waals surface area contributed by atoms with Crippen molar-refractivity contribution in [1.29, 1.82) is 0 Å². The molecule has 0 aliphatic heterocycles. The number of nitrogens with one attached hydrogen (secondary N) is 1. The minimum atomic E-state index is -0.0291. The van der Waals surface area contributed by atoms with Crippen LogP contribution in [0.4, 0.5) is 5.69 Å². The van der Waals surface area contributed by atoms with Gasteiger partial charge in [0.2, 0.25) is 5.91 Å². The first-order valence-electron chi connectivity index (χ1n) is 9.69. The van der Waals surface area contributed by atoms with Crippen LogP contribution in [-0.4, -0.2) is 21.5 Å². The molecule has 26 heavy (non-hydrogen) atoms. The molecule has 138 valence electrons. The Morgan fingerprint density at radius 3 is 2.88 bits per heavy atom. The molecule has 5 heteroatoms. The van der Waals surface area contributed by atoms with Gasteiger partial charge in [0.25, 0.3) is 0 Å². The largest absolute Gasteiger partial charge is 0.330 e. The smallest absolute Gasteiger partial charge is 0.229 e. The number of aromatic nitrogens is 2. The van der Waals surface area contributed by atoms with Crippen LogP contribution in [0.1, 0.15) is 50.4 Å². The molecule has 1 amide bonds. The molecule has 2 aromatic rings. The van der Waals surface area contributed by atoms with Gasteiger partial charge in [-0.3, -0.25) is 4.79 Å². The molecule has 1 heterocycles. The SMILES string of the molecule is CC(C)c1nccn1Cc1cccc(NC(=O)C2C3CCC(C3)C2N)c1. The third-order valence-electron chi connectivity index (χ3n) is 6.09. The van der Waals surface area contributed by atoms with Gasteiger partial charge in [0, 0.05) is 36.6 Å². The summed E-state index contributed by atoms with van der Waals surface area (Å²) in [7, 11) is 0. The molecule has 0 spiro atoms. The fourth-order valence-electron chi connectivity index (χ4n) is 4.85. The molecule has 4 rings (SSSR count). The van der Waals surface area contributed by atoms with E-state index >= 15 is 0 Å². The Labute approximate surface area is 155 Å². The first-order valence-corrected chi connectivity index (χ1v) is 9.69. The van der Waals surface area contributed by atoms with Gasteiger partial charge in [-0.1, -0.05) is 26.0 Å². The zero-order chi connectivity index (χ0) is 18.3. The molecule has 3 N–H and O–H groups in total. The number of rotatable bonds is 5. The summed E-state index contributed by atoms with van der Waals surface area (Å²) in [6.45, 7) is 5.05. The monoisotopic (exact) mass is 352 g/mol. The van der Waals surface area contributed by atoms with E-state index in [2.05, 4.69) is 40.8 Å². The Kier molecular flexibility index (Phi) is 4.57. The lowest BCUT2D eigenvalue weighted by Gasteiger charge is -2.27. The second-order valence-electron chi connectivity index (χ2n) is 8.19. The highest BCUT2D eigenvalue weighted by molar-refractivity contribution is 5.93. The lowest BCUT2D eigenvalue weighted by molar-refractivity contribution is -0.121. The Bertz CT molecular complexity index is 795. The molecule has 4 atom stereocenters. The van der Waals surface area contributed by atoms with Crippen LogP contribution in [0.15, 0.2) is 36.7 Å². The molecule has 5 nitrogen and oxygen atoms in total. The second-order valence-corrected chi connectivity index (χ2v) is 8.19. The van der Waals surface area contributed by atoms with Crippen molar-refractivity contribution >= 4 is 11.6 Å². The molecule has 0 radical (unpaired) electrons. The molecule has 1 aromatic carbocycles. The number of anilines is 1. The molecule has 2 fully saturated rings. The lowest BCUT2D eigenvalue weighted by Crippen LogP contribution is -2.42. The van der Waals surface area contributed by atoms with Crippen molar-refractivity contribution in [1.82, 2.24) is 9.55 Å². The summed E-state index contributed by atoms with van der Waals surface area (Å²) in [5, 5.41) is 3.11. The fourth-order valence-corrected chi connectivity index (χ4v) is 4.85. The molecule has 0 saturated heterocycles. The molecular formula is C21H28N4O. The Balaban J connectivity index is 1.46. The zero-order valence-corrected chi connectivity index (χ0v) is 15.6. The summed E-state index contributed by atoms with van der Waals surface area (Å²) in [6, 6.07) is 8.12. The van der Waals surface area contributed by atoms with Gasteiger partial charge in [-0.2, -0.15) is 0 Å². The number of nitrogens with two attached hydrogens (primary N) is 1. The molecule has 4 unspecified atom stereocenters. The highest BCUT2D eigenvalue weighted by Gasteiger charge is 2.49. The van der Waals surface area contributed by atoms with E-state index in [0.717, 1.165) is 36.5 Å². The van der Waals surface area contributed by atoms with Gasteiger partial charge in [-0.15, -0.1) is 0 Å². The molecule has 2 bridgehead atoms. The van der Waals surface area contributed by atoms with E-state index in [9.17, 15) is 4.79 Å². The van der Waals surface area contributed by atoms with Crippen LogP contribution in [0.5, 0.6) is 0 Å². The highest BCUT2D eigenvalue weighted by atomic mass is 16.2. The van der Waals surface area contributed by atoms with Crippen molar-refractivity contribution in [2.45, 2.75) is 51.6 Å². The normalized spacial score (nSPS) is 27.2. The number of fused-ring (bicyclic) bond motifs is 2. The van der Waals surface area contributed by atoms with Gasteiger partial charge in [0.15, 0.2) is 0 Å². The van der Waals surface area contributed by atoms with Crippen LogP contribution in [-0.2, 0) is 11.3 Å². The van der Waals surface area contributed by atoms with Crippen LogP contribution < -0.4 is 11.1 Å². The van der Waals surface area contributed by atoms with Crippen molar-refractivity contribution in [3.8, 4) is 0 Å². The molecule has 2 saturated carbocycles. The predicted molar refractivity (Wildman–Crippen MR) is 103 cm³/mol. The number of benzene rings is 1. The van der Waals surface area contributed by atoms with E-state index < -0.39 is 0 Å². The average Bonchev–Trinajstić information content (AvgIpc) is 3.30. The number of hydrogen-bond donors (Lipinski definition) is 2. The maximum Gasteiger partial charge on any atom is 0.229 e. The van der Waals surface area contributed by atoms with E-state index in [-0.39, 0.29) is 17.9 Å². The summed E-state index contributed by atoms with van der Waals surface area (Å²) in [5.41, 5.74) is 8.32. The Morgan fingerprint density at radius 2 is 2.15 bits per heavy atom. The van der Waals surface area contributed by atoms with E-state index in [1.54, 1.807) is 0 Å².